The van der Waals surface area contributed by atoms with Crippen LogP contribution < -0.4 is 16.2 Å². The molecule has 4 aromatic rings. The van der Waals surface area contributed by atoms with Gasteiger partial charge in [0.1, 0.15) is 11.6 Å². The highest BCUT2D eigenvalue weighted by Gasteiger charge is 2.14. The third-order valence-electron chi connectivity index (χ3n) is 7.20. The molecule has 0 unspecified atom stereocenters. The maximum Gasteiger partial charge on any atom is 0.270 e. The first-order valence-electron chi connectivity index (χ1n) is 16.1. The van der Waals surface area contributed by atoms with E-state index in [9.17, 15) is 19.6 Å². The molecule has 11 nitrogen and oxygen atoms in total. The molecule has 4 rings (SSSR count). The van der Waals surface area contributed by atoms with Gasteiger partial charge in [-0.2, -0.15) is 5.26 Å². The number of hydrogen-bond acceptors (Lipinski definition) is 9. The normalized spacial score (nSPS) is 10.8. The molecule has 0 saturated heterocycles. The Balaban J connectivity index is 1.14. The van der Waals surface area contributed by atoms with Crippen LogP contribution in [-0.2, 0) is 24.8 Å². The van der Waals surface area contributed by atoms with E-state index in [2.05, 4.69) is 20.6 Å². The fourth-order valence-corrected chi connectivity index (χ4v) is 5.46. The van der Waals surface area contributed by atoms with Crippen LogP contribution in [0.3, 0.4) is 0 Å². The summed E-state index contributed by atoms with van der Waals surface area (Å²) >= 11 is 1.35. The van der Waals surface area contributed by atoms with Gasteiger partial charge in [0, 0.05) is 50.1 Å². The Hall–Kier alpha value is -4.80. The van der Waals surface area contributed by atoms with Gasteiger partial charge in [-0.05, 0) is 41.7 Å². The minimum absolute atomic E-state index is 0.0295. The van der Waals surface area contributed by atoms with Crippen LogP contribution >= 0.6 is 11.8 Å². The van der Waals surface area contributed by atoms with Crippen molar-refractivity contribution >= 4 is 23.6 Å². The van der Waals surface area contributed by atoms with Gasteiger partial charge in [0.25, 0.3) is 11.5 Å². The first-order valence-corrected chi connectivity index (χ1v) is 17.1. The van der Waals surface area contributed by atoms with Crippen LogP contribution in [0.4, 0.5) is 0 Å². The summed E-state index contributed by atoms with van der Waals surface area (Å²) in [5.74, 6) is 0.304. The van der Waals surface area contributed by atoms with Gasteiger partial charge >= 0.3 is 0 Å². The molecule has 0 fully saturated rings. The lowest BCUT2D eigenvalue weighted by Gasteiger charge is -2.09. The predicted octanol–water partition coefficient (Wildman–Crippen LogP) is 4.96. The lowest BCUT2D eigenvalue weighted by atomic mass is 10.0. The molecule has 0 saturated carbocycles. The zero-order chi connectivity index (χ0) is 34.7. The van der Waals surface area contributed by atoms with Gasteiger partial charge in [0.05, 0.1) is 32.1 Å². The summed E-state index contributed by atoms with van der Waals surface area (Å²) < 4.78 is 16.5. The number of ether oxygens (including phenoxy) is 3. The van der Waals surface area contributed by atoms with Crippen LogP contribution in [0.2, 0.25) is 0 Å². The smallest absolute Gasteiger partial charge is 0.270 e. The zero-order valence-electron chi connectivity index (χ0n) is 27.5. The minimum atomic E-state index is -0.484. The molecule has 0 radical (unpaired) electrons. The maximum atomic E-state index is 12.7. The molecule has 49 heavy (non-hydrogen) atoms. The molecule has 1 aromatic heterocycles. The number of aromatic nitrogens is 2. The number of hydrogen-bond donors (Lipinski definition) is 3. The van der Waals surface area contributed by atoms with Crippen molar-refractivity contribution in [2.24, 2.45) is 0 Å². The van der Waals surface area contributed by atoms with Crippen LogP contribution in [0, 0.1) is 11.3 Å². The van der Waals surface area contributed by atoms with Crippen LogP contribution in [0.5, 0.6) is 0 Å². The lowest BCUT2D eigenvalue weighted by Crippen LogP contribution is -2.25. The number of nitrogens with zero attached hydrogens (tertiary/aromatic N) is 2. The summed E-state index contributed by atoms with van der Waals surface area (Å²) in [4.78, 5) is 43.4. The van der Waals surface area contributed by atoms with Crippen molar-refractivity contribution in [2.75, 3.05) is 52.7 Å². The molecule has 0 aliphatic rings. The van der Waals surface area contributed by atoms with E-state index in [1.54, 1.807) is 12.1 Å². The number of thioether (sulfide) groups is 1. The molecular formula is C37H41N5O6S. The second-order valence-electron chi connectivity index (χ2n) is 10.9. The van der Waals surface area contributed by atoms with E-state index in [1.165, 1.54) is 18.7 Å². The number of carbonyl (C=O) groups excluding carboxylic acids is 2. The third-order valence-corrected chi connectivity index (χ3v) is 8.15. The summed E-state index contributed by atoms with van der Waals surface area (Å²) in [7, 11) is 0. The third kappa shape index (κ3) is 12.6. The van der Waals surface area contributed by atoms with Crippen molar-refractivity contribution in [3.8, 4) is 28.5 Å². The van der Waals surface area contributed by atoms with Gasteiger partial charge in [-0.1, -0.05) is 78.5 Å². The fraction of sp³-hybridized carbons (Fsp3) is 0.324. The molecular weight excluding hydrogens is 643 g/mol. The van der Waals surface area contributed by atoms with E-state index < -0.39 is 5.56 Å². The van der Waals surface area contributed by atoms with E-state index in [4.69, 9.17) is 14.2 Å². The average Bonchev–Trinajstić information content (AvgIpc) is 3.12. The Morgan fingerprint density at radius 3 is 1.96 bits per heavy atom. The molecule has 3 N–H and O–H groups in total. The number of rotatable bonds is 20. The van der Waals surface area contributed by atoms with Gasteiger partial charge in [0.2, 0.25) is 5.91 Å². The molecule has 2 amide bonds. The number of H-pyrrole nitrogens is 1. The molecule has 3 aromatic carbocycles. The first-order chi connectivity index (χ1) is 23.9. The number of amides is 2. The van der Waals surface area contributed by atoms with Gasteiger partial charge in [-0.25, -0.2) is 4.98 Å². The highest BCUT2D eigenvalue weighted by molar-refractivity contribution is 7.98. The molecule has 1 heterocycles. The van der Waals surface area contributed by atoms with Crippen molar-refractivity contribution in [3.63, 3.8) is 0 Å². The second-order valence-corrected chi connectivity index (χ2v) is 11.9. The highest BCUT2D eigenvalue weighted by Crippen LogP contribution is 2.27. The van der Waals surface area contributed by atoms with Crippen molar-refractivity contribution in [2.45, 2.75) is 30.7 Å². The molecule has 0 atom stereocenters. The van der Waals surface area contributed by atoms with Gasteiger partial charge < -0.3 is 29.8 Å². The quantitative estimate of drug-likeness (QED) is 0.0666. The van der Waals surface area contributed by atoms with Crippen molar-refractivity contribution in [3.05, 3.63) is 106 Å². The standard InChI is InChI=1S/C37H41N5O6S/c1-27(43)39-17-5-19-46-21-23-48-24-22-47-20-6-18-40-35(44)32-11-9-28(10-12-32)26-49-37-41-34(33(25-38)36(45)42-37)31-15-13-30(14-16-31)29-7-3-2-4-8-29/h2-4,7-16H,5-6,17-24,26H2,1H3,(H,39,43)(H,40,44)(H,41,42,45). The van der Waals surface area contributed by atoms with Crippen LogP contribution in [0.25, 0.3) is 22.4 Å². The van der Waals surface area contributed by atoms with Crippen molar-refractivity contribution in [1.82, 2.24) is 20.6 Å². The molecule has 12 heteroatoms. The number of carbonyl (C=O) groups is 2. The minimum Gasteiger partial charge on any atom is -0.379 e. The summed E-state index contributed by atoms with van der Waals surface area (Å²) in [6.45, 7) is 5.56. The summed E-state index contributed by atoms with van der Waals surface area (Å²) in [6, 6.07) is 26.8. The number of aromatic amines is 1. The topological polar surface area (TPSA) is 155 Å². The molecule has 0 spiro atoms. The van der Waals surface area contributed by atoms with Crippen LogP contribution in [0.1, 0.15) is 41.3 Å². The Labute approximate surface area is 290 Å². The highest BCUT2D eigenvalue weighted by atomic mass is 32.2. The maximum absolute atomic E-state index is 12.7. The van der Waals surface area contributed by atoms with E-state index in [0.29, 0.717) is 86.9 Å². The Morgan fingerprint density at radius 2 is 1.35 bits per heavy atom. The van der Waals surface area contributed by atoms with Crippen LogP contribution in [-0.4, -0.2) is 74.5 Å². The second kappa shape index (κ2) is 20.5. The van der Waals surface area contributed by atoms with Gasteiger partial charge in [-0.15, -0.1) is 0 Å². The Morgan fingerprint density at radius 1 is 0.776 bits per heavy atom. The van der Waals surface area contributed by atoms with E-state index in [1.807, 2.05) is 72.8 Å². The summed E-state index contributed by atoms with van der Waals surface area (Å²) in [5.41, 5.74) is 4.11. The summed E-state index contributed by atoms with van der Waals surface area (Å²) in [6.07, 6.45) is 1.44. The lowest BCUT2D eigenvalue weighted by molar-refractivity contribution is -0.119. The Bertz CT molecular complexity index is 1720. The van der Waals surface area contributed by atoms with Crippen molar-refractivity contribution in [1.29, 1.82) is 5.26 Å². The summed E-state index contributed by atoms with van der Waals surface area (Å²) in [5, 5.41) is 15.7. The SMILES string of the molecule is CC(=O)NCCCOCCOCCOCCCNC(=O)c1ccc(CSc2nc(-c3ccc(-c4ccccc4)cc3)c(C#N)c(=O)[nH]2)cc1. The largest absolute Gasteiger partial charge is 0.379 e. The van der Waals surface area contributed by atoms with E-state index in [0.717, 1.165) is 23.1 Å². The molecule has 0 aliphatic carbocycles. The number of benzene rings is 3. The first kappa shape index (κ1) is 37.0. The van der Waals surface area contributed by atoms with Gasteiger partial charge in [-0.3, -0.25) is 14.4 Å². The predicted molar refractivity (Wildman–Crippen MR) is 189 cm³/mol. The van der Waals surface area contributed by atoms with Crippen LogP contribution in [0.15, 0.2) is 88.8 Å². The Kier molecular flexibility index (Phi) is 15.5. The average molecular weight is 684 g/mol. The monoisotopic (exact) mass is 683 g/mol. The number of nitriles is 1. The van der Waals surface area contributed by atoms with Crippen molar-refractivity contribution < 1.29 is 23.8 Å². The fourth-order valence-electron chi connectivity index (χ4n) is 4.65. The molecule has 256 valence electrons. The zero-order valence-corrected chi connectivity index (χ0v) is 28.4. The van der Waals surface area contributed by atoms with E-state index in [-0.39, 0.29) is 17.4 Å². The molecule has 0 aliphatic heterocycles. The van der Waals surface area contributed by atoms with Gasteiger partial charge in [0.15, 0.2) is 5.16 Å². The molecule has 0 bridgehead atoms. The number of nitrogens with one attached hydrogen (secondary N) is 3. The van der Waals surface area contributed by atoms with E-state index >= 15 is 0 Å².